The molecule has 0 aliphatic carbocycles. The van der Waals surface area contributed by atoms with Gasteiger partial charge in [0.15, 0.2) is 5.41 Å². The minimum atomic E-state index is -4.83. The number of nitrogens with zero attached hydrogens (tertiary/aromatic N) is 2. The highest BCUT2D eigenvalue weighted by molar-refractivity contribution is 5.78. The molecule has 7 heteroatoms. The van der Waals surface area contributed by atoms with Gasteiger partial charge in [0.05, 0.1) is 11.3 Å². The summed E-state index contributed by atoms with van der Waals surface area (Å²) in [5.41, 5.74) is -1.37. The summed E-state index contributed by atoms with van der Waals surface area (Å²) >= 11 is 0. The molecule has 0 radical (unpaired) electrons. The fourth-order valence-corrected chi connectivity index (χ4v) is 2.56. The zero-order valence-corrected chi connectivity index (χ0v) is 11.2. The number of aryl methyl sites for hydroxylation is 1. The van der Waals surface area contributed by atoms with E-state index in [0.29, 0.717) is 5.69 Å². The van der Waals surface area contributed by atoms with Crippen molar-refractivity contribution in [3.05, 3.63) is 29.3 Å². The molecule has 1 aromatic rings. The number of hydrogen-bond donors (Lipinski definition) is 1. The predicted octanol–water partition coefficient (Wildman–Crippen LogP) is 2.71. The zero-order valence-electron chi connectivity index (χ0n) is 11.2. The monoisotopic (exact) mass is 298 g/mol. The number of carboxylic acids is 1. The molecule has 1 aliphatic rings. The SMILES string of the molecule is Cc1ccc(N2CCC(C(=O)O)(C(F)(F)F)C2)c(C#N)c1. The Kier molecular flexibility index (Phi) is 3.58. The van der Waals surface area contributed by atoms with Crippen LogP contribution in [0.25, 0.3) is 0 Å². The second-order valence-electron chi connectivity index (χ2n) is 5.19. The van der Waals surface area contributed by atoms with Crippen molar-refractivity contribution in [3.63, 3.8) is 0 Å². The Hall–Kier alpha value is -2.23. The van der Waals surface area contributed by atoms with E-state index in [4.69, 9.17) is 10.4 Å². The fraction of sp³-hybridized carbons (Fsp3) is 0.429. The van der Waals surface area contributed by atoms with Crippen molar-refractivity contribution in [1.82, 2.24) is 0 Å². The topological polar surface area (TPSA) is 64.3 Å². The van der Waals surface area contributed by atoms with Crippen molar-refractivity contribution >= 4 is 11.7 Å². The summed E-state index contributed by atoms with van der Waals surface area (Å²) in [5.74, 6) is -1.87. The van der Waals surface area contributed by atoms with Crippen LogP contribution < -0.4 is 4.90 Å². The van der Waals surface area contributed by atoms with Crippen LogP contribution >= 0.6 is 0 Å². The molecule has 1 aliphatic heterocycles. The molecular weight excluding hydrogens is 285 g/mol. The van der Waals surface area contributed by atoms with Gasteiger partial charge in [-0.15, -0.1) is 0 Å². The Morgan fingerprint density at radius 2 is 2.14 bits per heavy atom. The molecule has 0 bridgehead atoms. The first-order chi connectivity index (χ1) is 9.71. The van der Waals surface area contributed by atoms with Crippen LogP contribution in [0.1, 0.15) is 17.5 Å². The first-order valence-electron chi connectivity index (χ1n) is 6.27. The van der Waals surface area contributed by atoms with Gasteiger partial charge in [-0.1, -0.05) is 6.07 Å². The van der Waals surface area contributed by atoms with Crippen LogP contribution in [-0.2, 0) is 4.79 Å². The summed E-state index contributed by atoms with van der Waals surface area (Å²) < 4.78 is 39.4. The number of carboxylic acid groups (broad SMARTS) is 1. The van der Waals surface area contributed by atoms with Crippen LogP contribution in [0.2, 0.25) is 0 Å². The number of aliphatic carboxylic acids is 1. The van der Waals surface area contributed by atoms with Crippen molar-refractivity contribution in [2.75, 3.05) is 18.0 Å². The molecule has 1 aromatic carbocycles. The number of alkyl halides is 3. The van der Waals surface area contributed by atoms with Crippen LogP contribution in [0.15, 0.2) is 18.2 Å². The Morgan fingerprint density at radius 3 is 2.62 bits per heavy atom. The Bertz CT molecular complexity index is 622. The molecule has 0 saturated carbocycles. The van der Waals surface area contributed by atoms with Crippen molar-refractivity contribution in [3.8, 4) is 6.07 Å². The Balaban J connectivity index is 2.39. The van der Waals surface area contributed by atoms with Crippen LogP contribution in [0.3, 0.4) is 0 Å². The summed E-state index contributed by atoms with van der Waals surface area (Å²) in [5, 5.41) is 18.1. The predicted molar refractivity (Wildman–Crippen MR) is 68.8 cm³/mol. The third kappa shape index (κ3) is 2.42. The molecule has 1 heterocycles. The maximum Gasteiger partial charge on any atom is 0.406 e. The smallest absolute Gasteiger partial charge is 0.406 e. The van der Waals surface area contributed by atoms with E-state index in [9.17, 15) is 18.0 Å². The van der Waals surface area contributed by atoms with Crippen LogP contribution in [-0.4, -0.2) is 30.3 Å². The van der Waals surface area contributed by atoms with Gasteiger partial charge in [0.25, 0.3) is 0 Å². The number of halogens is 3. The van der Waals surface area contributed by atoms with E-state index in [1.807, 2.05) is 6.07 Å². The van der Waals surface area contributed by atoms with Gasteiger partial charge >= 0.3 is 12.1 Å². The highest BCUT2D eigenvalue weighted by atomic mass is 19.4. The highest BCUT2D eigenvalue weighted by Crippen LogP contribution is 2.47. The summed E-state index contributed by atoms with van der Waals surface area (Å²) in [6.45, 7) is 1.04. The van der Waals surface area contributed by atoms with E-state index in [1.165, 1.54) is 4.90 Å². The molecule has 4 nitrogen and oxygen atoms in total. The lowest BCUT2D eigenvalue weighted by molar-refractivity contribution is -0.225. The molecule has 1 saturated heterocycles. The lowest BCUT2D eigenvalue weighted by Crippen LogP contribution is -2.47. The summed E-state index contributed by atoms with van der Waals surface area (Å²) in [6.07, 6.45) is -5.35. The largest absolute Gasteiger partial charge is 0.481 e. The van der Waals surface area contributed by atoms with E-state index in [0.717, 1.165) is 5.56 Å². The lowest BCUT2D eigenvalue weighted by atomic mass is 9.86. The van der Waals surface area contributed by atoms with E-state index in [1.54, 1.807) is 25.1 Å². The van der Waals surface area contributed by atoms with E-state index in [2.05, 4.69) is 0 Å². The van der Waals surface area contributed by atoms with Gasteiger partial charge in [-0.3, -0.25) is 4.79 Å². The summed E-state index contributed by atoms with van der Waals surface area (Å²) in [4.78, 5) is 12.5. The summed E-state index contributed by atoms with van der Waals surface area (Å²) in [7, 11) is 0. The van der Waals surface area contributed by atoms with Gasteiger partial charge in [0, 0.05) is 13.1 Å². The van der Waals surface area contributed by atoms with Crippen molar-refractivity contribution in [2.24, 2.45) is 5.41 Å². The van der Waals surface area contributed by atoms with Crippen molar-refractivity contribution in [1.29, 1.82) is 5.26 Å². The molecular formula is C14H13F3N2O2. The number of carbonyl (C=O) groups is 1. The molecule has 1 N–H and O–H groups in total. The van der Waals surface area contributed by atoms with Gasteiger partial charge < -0.3 is 10.0 Å². The van der Waals surface area contributed by atoms with Crippen molar-refractivity contribution < 1.29 is 23.1 Å². The first kappa shape index (κ1) is 15.2. The second kappa shape index (κ2) is 4.95. The lowest BCUT2D eigenvalue weighted by Gasteiger charge is -2.28. The Labute approximate surface area is 119 Å². The number of benzene rings is 1. The number of nitriles is 1. The third-order valence-electron chi connectivity index (χ3n) is 3.83. The van der Waals surface area contributed by atoms with E-state index >= 15 is 0 Å². The fourth-order valence-electron chi connectivity index (χ4n) is 2.56. The zero-order chi connectivity index (χ0) is 15.8. The molecule has 1 fully saturated rings. The quantitative estimate of drug-likeness (QED) is 0.911. The summed E-state index contributed by atoms with van der Waals surface area (Å²) in [6, 6.07) is 6.75. The van der Waals surface area contributed by atoms with E-state index in [-0.39, 0.29) is 12.1 Å². The molecule has 0 spiro atoms. The second-order valence-corrected chi connectivity index (χ2v) is 5.19. The molecule has 112 valence electrons. The molecule has 1 atom stereocenters. The first-order valence-corrected chi connectivity index (χ1v) is 6.27. The molecule has 21 heavy (non-hydrogen) atoms. The average Bonchev–Trinajstić information content (AvgIpc) is 2.84. The van der Waals surface area contributed by atoms with Gasteiger partial charge in [-0.05, 0) is 31.0 Å². The van der Waals surface area contributed by atoms with Gasteiger partial charge in [0.1, 0.15) is 6.07 Å². The third-order valence-corrected chi connectivity index (χ3v) is 3.83. The number of rotatable bonds is 2. The average molecular weight is 298 g/mol. The van der Waals surface area contributed by atoms with E-state index < -0.39 is 30.5 Å². The maximum atomic E-state index is 13.1. The van der Waals surface area contributed by atoms with Crippen LogP contribution in [0.4, 0.5) is 18.9 Å². The molecule has 1 unspecified atom stereocenters. The Morgan fingerprint density at radius 1 is 1.48 bits per heavy atom. The van der Waals surface area contributed by atoms with Crippen LogP contribution in [0.5, 0.6) is 0 Å². The minimum absolute atomic E-state index is 0.0520. The van der Waals surface area contributed by atoms with Crippen LogP contribution in [0, 0.1) is 23.7 Å². The highest BCUT2D eigenvalue weighted by Gasteiger charge is 2.63. The maximum absolute atomic E-state index is 13.1. The normalized spacial score (nSPS) is 22.1. The number of anilines is 1. The minimum Gasteiger partial charge on any atom is -0.481 e. The van der Waals surface area contributed by atoms with Crippen molar-refractivity contribution in [2.45, 2.75) is 19.5 Å². The molecule has 0 aromatic heterocycles. The van der Waals surface area contributed by atoms with Gasteiger partial charge in [-0.2, -0.15) is 18.4 Å². The standard InChI is InChI=1S/C14H13F3N2O2/c1-9-2-3-11(10(6-9)7-18)19-5-4-13(8-19,12(20)21)14(15,16)17/h2-3,6H,4-5,8H2,1H3,(H,20,21). The van der Waals surface area contributed by atoms with Gasteiger partial charge in [-0.25, -0.2) is 0 Å². The molecule has 0 amide bonds. The van der Waals surface area contributed by atoms with Gasteiger partial charge in [0.2, 0.25) is 0 Å². The number of hydrogen-bond acceptors (Lipinski definition) is 3. The molecule has 2 rings (SSSR count).